The van der Waals surface area contributed by atoms with Crippen molar-refractivity contribution in [2.75, 3.05) is 13.7 Å². The molecule has 158 valence electrons. The van der Waals surface area contributed by atoms with Crippen LogP contribution in [0, 0.1) is 13.8 Å². The number of amides is 1. The summed E-state index contributed by atoms with van der Waals surface area (Å²) in [5.74, 6) is -0.362. The van der Waals surface area contributed by atoms with Crippen LogP contribution in [0.15, 0.2) is 22.7 Å². The van der Waals surface area contributed by atoms with Crippen molar-refractivity contribution in [1.82, 2.24) is 10.5 Å². The van der Waals surface area contributed by atoms with Crippen molar-refractivity contribution in [3.8, 4) is 11.5 Å². The number of rotatable bonds is 10. The van der Waals surface area contributed by atoms with Gasteiger partial charge in [-0.2, -0.15) is 8.78 Å². The van der Waals surface area contributed by atoms with Crippen molar-refractivity contribution >= 4 is 11.9 Å². The smallest absolute Gasteiger partial charge is 0.387 e. The number of hydrogen-bond donors (Lipinski definition) is 1. The van der Waals surface area contributed by atoms with Gasteiger partial charge >= 0.3 is 12.6 Å². The number of methoxy groups -OCH3 is 1. The van der Waals surface area contributed by atoms with Gasteiger partial charge in [-0.15, -0.1) is 0 Å². The molecule has 1 aromatic heterocycles. The second-order valence-corrected chi connectivity index (χ2v) is 6.10. The molecule has 0 aliphatic heterocycles. The quantitative estimate of drug-likeness (QED) is 0.599. The fourth-order valence-electron chi connectivity index (χ4n) is 2.57. The van der Waals surface area contributed by atoms with E-state index in [1.54, 1.807) is 13.8 Å². The van der Waals surface area contributed by atoms with E-state index in [9.17, 15) is 18.4 Å². The summed E-state index contributed by atoms with van der Waals surface area (Å²) in [5.41, 5.74) is 2.16. The number of nitrogens with one attached hydrogen (secondary N) is 1. The van der Waals surface area contributed by atoms with Crippen LogP contribution in [-0.2, 0) is 27.3 Å². The van der Waals surface area contributed by atoms with Crippen molar-refractivity contribution in [2.24, 2.45) is 0 Å². The summed E-state index contributed by atoms with van der Waals surface area (Å²) in [6.07, 6.45) is 0.507. The Kier molecular flexibility index (Phi) is 7.93. The molecule has 8 nitrogen and oxygen atoms in total. The molecule has 0 aliphatic carbocycles. The van der Waals surface area contributed by atoms with E-state index < -0.39 is 25.1 Å². The highest BCUT2D eigenvalue weighted by Gasteiger charge is 2.14. The molecule has 0 bridgehead atoms. The van der Waals surface area contributed by atoms with E-state index in [2.05, 4.69) is 15.2 Å². The van der Waals surface area contributed by atoms with Crippen molar-refractivity contribution in [1.29, 1.82) is 0 Å². The Morgan fingerprint density at radius 2 is 2.00 bits per heavy atom. The number of aryl methyl sites for hydroxylation is 2. The van der Waals surface area contributed by atoms with E-state index in [1.807, 2.05) is 0 Å². The number of benzene rings is 1. The van der Waals surface area contributed by atoms with E-state index in [1.165, 1.54) is 25.3 Å². The molecular weight excluding hydrogens is 390 g/mol. The van der Waals surface area contributed by atoms with Crippen LogP contribution in [0.3, 0.4) is 0 Å². The van der Waals surface area contributed by atoms with Gasteiger partial charge in [0.25, 0.3) is 5.91 Å². The molecule has 0 fully saturated rings. The molecule has 29 heavy (non-hydrogen) atoms. The summed E-state index contributed by atoms with van der Waals surface area (Å²) in [4.78, 5) is 23.7. The molecule has 0 saturated heterocycles. The van der Waals surface area contributed by atoms with Gasteiger partial charge in [-0.3, -0.25) is 9.59 Å². The Hall–Kier alpha value is -3.17. The Balaban J connectivity index is 1.76. The topological polar surface area (TPSA) is 99.9 Å². The van der Waals surface area contributed by atoms with E-state index >= 15 is 0 Å². The molecule has 0 atom stereocenters. The highest BCUT2D eigenvalue weighted by molar-refractivity contribution is 5.80. The summed E-state index contributed by atoms with van der Waals surface area (Å²) >= 11 is 0. The van der Waals surface area contributed by atoms with Crippen molar-refractivity contribution in [3.63, 3.8) is 0 Å². The highest BCUT2D eigenvalue weighted by atomic mass is 19.3. The van der Waals surface area contributed by atoms with Gasteiger partial charge in [-0.05, 0) is 38.0 Å². The van der Waals surface area contributed by atoms with Gasteiger partial charge in [0.1, 0.15) is 5.76 Å². The molecule has 2 rings (SSSR count). The van der Waals surface area contributed by atoms with Gasteiger partial charge in [0.15, 0.2) is 18.1 Å². The molecule has 10 heteroatoms. The Morgan fingerprint density at radius 1 is 1.24 bits per heavy atom. The average molecular weight is 412 g/mol. The van der Waals surface area contributed by atoms with E-state index in [0.717, 1.165) is 5.56 Å². The fourth-order valence-corrected chi connectivity index (χ4v) is 2.57. The minimum atomic E-state index is -2.97. The SMILES string of the molecule is COc1cc(CNC(=O)COC(=O)CCc2c(C)noc2C)ccc1OC(F)F. The zero-order valence-electron chi connectivity index (χ0n) is 16.3. The second kappa shape index (κ2) is 10.4. The van der Waals surface area contributed by atoms with Gasteiger partial charge in [-0.25, -0.2) is 0 Å². The Bertz CT molecular complexity index is 834. The number of nitrogens with zero attached hydrogens (tertiary/aromatic N) is 1. The molecule has 0 unspecified atom stereocenters. The first-order chi connectivity index (χ1) is 13.8. The van der Waals surface area contributed by atoms with Crippen LogP contribution in [-0.4, -0.2) is 37.4 Å². The lowest BCUT2D eigenvalue weighted by Crippen LogP contribution is -2.28. The average Bonchev–Trinajstić information content (AvgIpc) is 3.01. The molecule has 0 spiro atoms. The van der Waals surface area contributed by atoms with Gasteiger partial charge in [0.2, 0.25) is 0 Å². The molecule has 0 aliphatic rings. The van der Waals surface area contributed by atoms with Crippen molar-refractivity contribution in [2.45, 2.75) is 39.8 Å². The summed E-state index contributed by atoms with van der Waals surface area (Å²) in [5, 5.41) is 6.38. The standard InChI is InChI=1S/C19H22F2N2O6/c1-11-14(12(2)29-23-11)5-7-18(25)27-10-17(24)22-9-13-4-6-15(28-19(20)21)16(8-13)26-3/h4,6,8,19H,5,7,9-10H2,1-3H3,(H,22,24). The van der Waals surface area contributed by atoms with Crippen LogP contribution < -0.4 is 14.8 Å². The van der Waals surface area contributed by atoms with Crippen molar-refractivity contribution in [3.05, 3.63) is 40.8 Å². The van der Waals surface area contributed by atoms with Crippen LogP contribution in [0.1, 0.15) is 29.0 Å². The minimum absolute atomic E-state index is 0.0962. The molecule has 0 saturated carbocycles. The van der Waals surface area contributed by atoms with Crippen LogP contribution in [0.25, 0.3) is 0 Å². The molecule has 1 aromatic carbocycles. The van der Waals surface area contributed by atoms with Gasteiger partial charge < -0.3 is 24.1 Å². The first kappa shape index (κ1) is 22.1. The van der Waals surface area contributed by atoms with E-state index in [4.69, 9.17) is 14.0 Å². The number of halogens is 2. The number of esters is 1. The third-order valence-electron chi connectivity index (χ3n) is 4.06. The molecule has 1 N–H and O–H groups in total. The maximum Gasteiger partial charge on any atom is 0.387 e. The molecular formula is C19H22F2N2O6. The maximum absolute atomic E-state index is 12.3. The second-order valence-electron chi connectivity index (χ2n) is 6.10. The van der Waals surface area contributed by atoms with Crippen LogP contribution in [0.2, 0.25) is 0 Å². The minimum Gasteiger partial charge on any atom is -0.493 e. The van der Waals surface area contributed by atoms with Crippen LogP contribution >= 0.6 is 0 Å². The van der Waals surface area contributed by atoms with Gasteiger partial charge in [0.05, 0.1) is 12.8 Å². The number of carbonyl (C=O) groups excluding carboxylic acids is 2. The first-order valence-electron chi connectivity index (χ1n) is 8.76. The number of aromatic nitrogens is 1. The Labute approximate surface area is 166 Å². The largest absolute Gasteiger partial charge is 0.493 e. The number of hydrogen-bond acceptors (Lipinski definition) is 7. The first-order valence-corrected chi connectivity index (χ1v) is 8.76. The third kappa shape index (κ3) is 6.74. The molecule has 1 amide bonds. The summed E-state index contributed by atoms with van der Waals surface area (Å²) < 4.78 is 44.0. The summed E-state index contributed by atoms with van der Waals surface area (Å²) in [6.45, 7) is 0.244. The lowest BCUT2D eigenvalue weighted by Gasteiger charge is -2.12. The number of ether oxygens (including phenoxy) is 3. The van der Waals surface area contributed by atoms with E-state index in [0.29, 0.717) is 23.4 Å². The van der Waals surface area contributed by atoms with Crippen molar-refractivity contribution < 1.29 is 37.1 Å². The zero-order valence-corrected chi connectivity index (χ0v) is 16.3. The predicted octanol–water partition coefficient (Wildman–Crippen LogP) is 2.69. The van der Waals surface area contributed by atoms with Gasteiger partial charge in [-0.1, -0.05) is 11.2 Å². The lowest BCUT2D eigenvalue weighted by molar-refractivity contribution is -0.148. The molecule has 0 radical (unpaired) electrons. The maximum atomic E-state index is 12.3. The predicted molar refractivity (Wildman–Crippen MR) is 96.7 cm³/mol. The summed E-state index contributed by atoms with van der Waals surface area (Å²) in [7, 11) is 1.32. The monoisotopic (exact) mass is 412 g/mol. The molecule has 1 heterocycles. The number of alkyl halides is 2. The zero-order chi connectivity index (χ0) is 21.4. The Morgan fingerprint density at radius 3 is 2.62 bits per heavy atom. The normalized spacial score (nSPS) is 10.7. The highest BCUT2D eigenvalue weighted by Crippen LogP contribution is 2.29. The lowest BCUT2D eigenvalue weighted by atomic mass is 10.1. The van der Waals surface area contributed by atoms with Gasteiger partial charge in [0, 0.05) is 18.5 Å². The third-order valence-corrected chi connectivity index (χ3v) is 4.06. The van der Waals surface area contributed by atoms with Crippen LogP contribution in [0.5, 0.6) is 11.5 Å². The number of carbonyl (C=O) groups is 2. The van der Waals surface area contributed by atoms with Crippen LogP contribution in [0.4, 0.5) is 8.78 Å². The molecule has 2 aromatic rings. The summed E-state index contributed by atoms with van der Waals surface area (Å²) in [6, 6.07) is 4.30. The fraction of sp³-hybridized carbons (Fsp3) is 0.421. The van der Waals surface area contributed by atoms with E-state index in [-0.39, 0.29) is 24.5 Å².